The maximum Gasteiger partial charge on any atom is 0.312 e. The minimum absolute atomic E-state index is 0.0146. The van der Waals surface area contributed by atoms with Crippen molar-refractivity contribution in [3.05, 3.63) is 91.0 Å². The van der Waals surface area contributed by atoms with Gasteiger partial charge in [-0.15, -0.1) is 0 Å². The van der Waals surface area contributed by atoms with Gasteiger partial charge in [0.05, 0.1) is 69.3 Å². The van der Waals surface area contributed by atoms with Crippen LogP contribution in [0.1, 0.15) is 256 Å². The number of aliphatic hydroxyl groups is 1. The fourth-order valence-corrected chi connectivity index (χ4v) is 25.8. The number of alkyl halides is 2. The fraction of sp³-hybridized carbons (Fsp3) is 0.747. The van der Waals surface area contributed by atoms with Crippen LogP contribution >= 0.6 is 0 Å². The van der Waals surface area contributed by atoms with Gasteiger partial charge in [-0.3, -0.25) is 33.7 Å². The zero-order valence-electron chi connectivity index (χ0n) is 70.7. The Hall–Kier alpha value is -5.47. The van der Waals surface area contributed by atoms with E-state index in [-0.39, 0.29) is 87.4 Å². The Balaban J connectivity index is 0.000000120. The lowest BCUT2D eigenvalue weighted by Gasteiger charge is -2.59. The van der Waals surface area contributed by atoms with E-state index >= 15 is 0 Å². The van der Waals surface area contributed by atoms with E-state index in [0.29, 0.717) is 61.4 Å². The molecule has 0 amide bonds. The Labute approximate surface area is 681 Å². The number of hydrogen-bond donors (Lipinski definition) is 1. The summed E-state index contributed by atoms with van der Waals surface area (Å²) in [6, 6.07) is 32.2. The average molecular weight is 1600 g/mol. The smallest absolute Gasteiger partial charge is 0.312 e. The van der Waals surface area contributed by atoms with Crippen molar-refractivity contribution in [2.24, 2.45) is 98.6 Å². The number of rotatable bonds is 20. The number of benzene rings is 3. The topological polar surface area (TPSA) is 200 Å². The molecule has 4 aliphatic heterocycles. The summed E-state index contributed by atoms with van der Waals surface area (Å²) in [7, 11) is -0.0146. The lowest BCUT2D eigenvalue weighted by molar-refractivity contribution is -0.225. The molecule has 0 radical (unpaired) electrons. The molecule has 15 atom stereocenters. The largest absolute Gasteiger partial charge is 0.464 e. The highest BCUT2D eigenvalue weighted by Crippen LogP contribution is 2.71. The van der Waals surface area contributed by atoms with Gasteiger partial charge in [0.1, 0.15) is 23.9 Å². The van der Waals surface area contributed by atoms with Gasteiger partial charge >= 0.3 is 35.8 Å². The van der Waals surface area contributed by atoms with Crippen molar-refractivity contribution >= 4 is 46.7 Å². The molecule has 14 bridgehead atoms. The molecule has 3 aromatic carbocycles. The molecule has 13 aliphatic carbocycles. The van der Waals surface area contributed by atoms with Gasteiger partial charge in [-0.2, -0.15) is 0 Å². The summed E-state index contributed by atoms with van der Waals surface area (Å²) in [6.07, 6.45) is 26.0. The van der Waals surface area contributed by atoms with Crippen molar-refractivity contribution in [1.29, 1.82) is 0 Å². The SMILES string of the molecule is CC(OC(=O)C12CC3CC(CC(C3)C1)C2)C(C)(F)F.CCC(C)(C)C(=O)OC1(CC)CC2CC1C1C3CCC(C3)C21.CCC(C)(C)C(=O)OC12CC3CC(CC(O)(C3)C1)C2.CCC(C)(C)C(=O)OC1C2CC3C(=O)OC1C3O2.O=C(OCCN1CCOCC1)C1CCCCC1.c1ccc([S+](c2ccccc2)c2ccccc2)cc1. The third-order valence-corrected chi connectivity index (χ3v) is 32.7. The number of esters is 6. The summed E-state index contributed by atoms with van der Waals surface area (Å²) in [5, 5.41) is 10.6. The molecule has 13 saturated carbocycles. The highest BCUT2D eigenvalue weighted by Gasteiger charge is 2.69. The minimum Gasteiger partial charge on any atom is -0.464 e. The first-order valence-electron chi connectivity index (χ1n) is 44.4. The van der Waals surface area contributed by atoms with Gasteiger partial charge in [-0.05, 0) is 292 Å². The van der Waals surface area contributed by atoms with Crippen LogP contribution in [0.2, 0.25) is 0 Å². The predicted molar refractivity (Wildman–Crippen MR) is 433 cm³/mol. The Morgan fingerprint density at radius 1 is 0.588 bits per heavy atom. The maximum atomic E-state index is 13.2. The zero-order valence-corrected chi connectivity index (χ0v) is 71.5. The van der Waals surface area contributed by atoms with E-state index in [0.717, 1.165) is 153 Å². The Morgan fingerprint density at radius 2 is 1.10 bits per heavy atom. The van der Waals surface area contributed by atoms with Crippen molar-refractivity contribution in [3.8, 4) is 0 Å². The first kappa shape index (κ1) is 86.4. The maximum absolute atomic E-state index is 13.2. The predicted octanol–water partition coefficient (Wildman–Crippen LogP) is 18.9. The molecule has 4 heterocycles. The van der Waals surface area contributed by atoms with Crippen molar-refractivity contribution < 1.29 is 80.5 Å². The standard InChI is InChI=1S/C20H32O2.C18H15S.C16H26O3.C15H22F2O2.C13H23NO3.C13H18O5/c1-5-19(3,4)18(21)22-20(6-2)11-14-10-15(20)17-13-8-7-12(9-13)16(14)17;1-4-10-16(11-5-1)19(17-12-6-2-7-13-17)18-14-8-3-9-15-18;1-4-14(2,3)13(17)19-16-8-11-5-12(9-16)7-15(18,6-11)10-16;1-9(14(2,16)17)19-13(18)15-6-10-3-11(7-15)5-12(4-10)8-15;15-13(12-4-2-1-3-5-12)17-11-8-14-6-9-16-10-7-14;1-4-13(2,3)12(15)18-9-7-5-6-8(16-7)10(9)17-11(6)14/h12-17H,5-11H2,1-4H3;1-15H;11-12,18H,4-10H2,1-3H3;9-12H,3-8H2,1-2H3;12H,1-11H2;6-10H,4-5H2,1-3H3/q;+1;;;;. The molecule has 4 saturated heterocycles. The van der Waals surface area contributed by atoms with E-state index in [4.69, 9.17) is 37.9 Å². The van der Waals surface area contributed by atoms with Gasteiger partial charge in [0, 0.05) is 38.9 Å². The number of morpholine rings is 1. The first-order chi connectivity index (χ1) is 54.2. The van der Waals surface area contributed by atoms with Crippen LogP contribution in [-0.2, 0) is 77.6 Å². The lowest BCUT2D eigenvalue weighted by atomic mass is 9.49. The van der Waals surface area contributed by atoms with Crippen molar-refractivity contribution in [3.63, 3.8) is 0 Å². The number of halogens is 2. The van der Waals surface area contributed by atoms with Crippen LogP contribution in [-0.4, -0.2) is 139 Å². The summed E-state index contributed by atoms with van der Waals surface area (Å²) < 4.78 is 70.8. The summed E-state index contributed by atoms with van der Waals surface area (Å²) in [5.74, 6) is 4.58. The summed E-state index contributed by atoms with van der Waals surface area (Å²) in [6.45, 7) is 27.0. The number of carbonyl (C=O) groups excluding carboxylic acids is 6. The van der Waals surface area contributed by atoms with Crippen LogP contribution in [0.25, 0.3) is 0 Å². The average Bonchev–Trinajstić information content (AvgIpc) is 1.56. The highest BCUT2D eigenvalue weighted by molar-refractivity contribution is 7.97. The summed E-state index contributed by atoms with van der Waals surface area (Å²) in [4.78, 5) is 79.2. The number of nitrogens with zero attached hydrogens (tertiary/aromatic N) is 1. The molecular weight excluding hydrogens is 1470 g/mol. The second-order valence-electron chi connectivity index (χ2n) is 39.7. The van der Waals surface area contributed by atoms with E-state index in [2.05, 4.69) is 110 Å². The van der Waals surface area contributed by atoms with Gasteiger partial charge in [0.15, 0.2) is 33.0 Å². The number of ether oxygens (including phenoxy) is 8. The Kier molecular flexibility index (Phi) is 26.9. The Bertz CT molecular complexity index is 3620. The van der Waals surface area contributed by atoms with Gasteiger partial charge in [-0.25, -0.2) is 8.78 Å². The minimum atomic E-state index is -2.96. The van der Waals surface area contributed by atoms with E-state index in [1.807, 2.05) is 55.4 Å². The fourth-order valence-electron chi connectivity index (χ4n) is 23.7. The number of hydrogen-bond acceptors (Lipinski definition) is 16. The molecule has 1 N–H and O–H groups in total. The molecule has 20 rings (SSSR count). The third-order valence-electron chi connectivity index (χ3n) is 30.5. The van der Waals surface area contributed by atoms with Gasteiger partial charge in [-0.1, -0.05) is 102 Å². The molecular formula is C95H136F2NO15S+. The quantitative estimate of drug-likeness (QED) is 0.0484. The van der Waals surface area contributed by atoms with Crippen molar-refractivity contribution in [2.45, 2.75) is 324 Å². The second-order valence-corrected chi connectivity index (χ2v) is 41.8. The van der Waals surface area contributed by atoms with Crippen molar-refractivity contribution in [2.75, 3.05) is 39.5 Å². The van der Waals surface area contributed by atoms with E-state index in [1.165, 1.54) is 92.2 Å². The van der Waals surface area contributed by atoms with Crippen LogP contribution < -0.4 is 0 Å². The van der Waals surface area contributed by atoms with Crippen LogP contribution in [0.4, 0.5) is 8.78 Å². The molecule has 17 aliphatic rings. The zero-order chi connectivity index (χ0) is 81.3. The molecule has 19 heteroatoms. The first-order valence-corrected chi connectivity index (χ1v) is 45.6. The Morgan fingerprint density at radius 3 is 1.61 bits per heavy atom. The van der Waals surface area contributed by atoms with Gasteiger partial charge < -0.3 is 43.0 Å². The molecule has 17 fully saturated rings. The molecule has 114 heavy (non-hydrogen) atoms. The van der Waals surface area contributed by atoms with Gasteiger partial charge in [0.2, 0.25) is 0 Å². The second kappa shape index (κ2) is 35.5. The molecule has 3 aromatic rings. The summed E-state index contributed by atoms with van der Waals surface area (Å²) >= 11 is 0. The van der Waals surface area contributed by atoms with Crippen LogP contribution in [0.15, 0.2) is 106 Å². The van der Waals surface area contributed by atoms with E-state index < -0.39 is 46.1 Å². The van der Waals surface area contributed by atoms with Crippen LogP contribution in [0.3, 0.4) is 0 Å². The highest BCUT2D eigenvalue weighted by atomic mass is 32.2. The summed E-state index contributed by atoms with van der Waals surface area (Å²) in [5.41, 5.74) is -2.73. The van der Waals surface area contributed by atoms with Crippen molar-refractivity contribution in [1.82, 2.24) is 4.90 Å². The van der Waals surface area contributed by atoms with E-state index in [1.54, 1.807) is 0 Å². The molecule has 16 nitrogen and oxygen atoms in total. The number of carbonyl (C=O) groups is 6. The number of fused-ring (bicyclic) bond motifs is 10. The molecule has 0 aromatic heterocycles. The molecule has 15 unspecified atom stereocenters. The van der Waals surface area contributed by atoms with Gasteiger partial charge in [0.25, 0.3) is 5.92 Å². The molecule has 630 valence electrons. The van der Waals surface area contributed by atoms with E-state index in [9.17, 15) is 42.7 Å². The van der Waals surface area contributed by atoms with Crippen LogP contribution in [0.5, 0.6) is 0 Å². The third kappa shape index (κ3) is 19.1. The lowest BCUT2D eigenvalue weighted by Crippen LogP contribution is -2.61. The van der Waals surface area contributed by atoms with Crippen LogP contribution in [0, 0.1) is 98.6 Å². The monoisotopic (exact) mass is 1600 g/mol. The molecule has 0 spiro atoms. The normalized spacial score (nSPS) is 35.6.